The van der Waals surface area contributed by atoms with E-state index in [0.29, 0.717) is 17.1 Å². The minimum absolute atomic E-state index is 0.139. The number of fused-ring (bicyclic) bond motifs is 1. The first-order chi connectivity index (χ1) is 9.63. The van der Waals surface area contributed by atoms with Crippen molar-refractivity contribution in [3.05, 3.63) is 47.8 Å². The quantitative estimate of drug-likeness (QED) is 0.659. The van der Waals surface area contributed by atoms with Gasteiger partial charge < -0.3 is 10.5 Å². The van der Waals surface area contributed by atoms with Gasteiger partial charge in [0.05, 0.1) is 24.0 Å². The highest BCUT2D eigenvalue weighted by Gasteiger charge is 2.38. The Kier molecular flexibility index (Phi) is 2.64. The van der Waals surface area contributed by atoms with Crippen molar-refractivity contribution in [1.82, 2.24) is 4.98 Å². The maximum absolute atomic E-state index is 12.3. The number of methoxy groups -OCH3 is 1. The van der Waals surface area contributed by atoms with E-state index in [1.54, 1.807) is 30.3 Å². The number of anilines is 2. The molecular weight excluding hydrogens is 258 g/mol. The molecule has 6 nitrogen and oxygen atoms in total. The summed E-state index contributed by atoms with van der Waals surface area (Å²) >= 11 is 0. The van der Waals surface area contributed by atoms with E-state index >= 15 is 0 Å². The monoisotopic (exact) mass is 269 g/mol. The molecule has 3 rings (SSSR count). The number of benzene rings is 1. The minimum Gasteiger partial charge on any atom is -0.497 e. The number of nitrogens with zero attached hydrogens (tertiary/aromatic N) is 2. The maximum Gasteiger partial charge on any atom is 0.284 e. The van der Waals surface area contributed by atoms with Gasteiger partial charge in [-0.05, 0) is 24.3 Å². The van der Waals surface area contributed by atoms with E-state index in [1.807, 2.05) is 0 Å². The third-order valence-corrected chi connectivity index (χ3v) is 3.13. The molecule has 2 N–H and O–H groups in total. The summed E-state index contributed by atoms with van der Waals surface area (Å²) in [6.45, 7) is 0. The number of hydrogen-bond acceptors (Lipinski definition) is 5. The lowest BCUT2D eigenvalue weighted by Crippen LogP contribution is -2.30. The molecule has 0 spiro atoms. The van der Waals surface area contributed by atoms with Crippen LogP contribution in [0, 0.1) is 0 Å². The van der Waals surface area contributed by atoms with E-state index in [-0.39, 0.29) is 11.3 Å². The lowest BCUT2D eigenvalue weighted by Gasteiger charge is -2.16. The Labute approximate surface area is 114 Å². The van der Waals surface area contributed by atoms with Crippen LogP contribution < -0.4 is 15.4 Å². The molecule has 0 bridgehead atoms. The summed E-state index contributed by atoms with van der Waals surface area (Å²) in [5, 5.41) is 0. The summed E-state index contributed by atoms with van der Waals surface area (Å²) in [7, 11) is 1.50. The van der Waals surface area contributed by atoms with Crippen LogP contribution in [0.5, 0.6) is 5.75 Å². The Morgan fingerprint density at radius 3 is 2.70 bits per heavy atom. The molecule has 0 fully saturated rings. The summed E-state index contributed by atoms with van der Waals surface area (Å²) in [5.74, 6) is -0.401. The molecule has 1 aromatic heterocycles. The first-order valence-electron chi connectivity index (χ1n) is 5.91. The number of carbonyl (C=O) groups excluding carboxylic acids is 2. The average Bonchev–Trinajstić information content (AvgIpc) is 2.72. The van der Waals surface area contributed by atoms with Crippen molar-refractivity contribution in [3.63, 3.8) is 0 Å². The number of nitrogen functional groups attached to an aromatic ring is 1. The molecule has 1 aromatic carbocycles. The predicted octanol–water partition coefficient (Wildman–Crippen LogP) is 1.47. The topological polar surface area (TPSA) is 85.5 Å². The Hall–Kier alpha value is -2.89. The lowest BCUT2D eigenvalue weighted by molar-refractivity contribution is 0.0925. The largest absolute Gasteiger partial charge is 0.497 e. The molecule has 0 saturated heterocycles. The van der Waals surface area contributed by atoms with Crippen LogP contribution >= 0.6 is 0 Å². The van der Waals surface area contributed by atoms with Gasteiger partial charge in [-0.1, -0.05) is 0 Å². The number of imide groups is 1. The van der Waals surface area contributed by atoms with Crippen LogP contribution in [-0.2, 0) is 0 Å². The number of ether oxygens (including phenoxy) is 1. The Balaban J connectivity index is 2.14. The van der Waals surface area contributed by atoms with E-state index in [4.69, 9.17) is 10.5 Å². The second-order valence-corrected chi connectivity index (χ2v) is 4.27. The first kappa shape index (κ1) is 12.2. The molecule has 20 heavy (non-hydrogen) atoms. The van der Waals surface area contributed by atoms with Gasteiger partial charge in [-0.25, -0.2) is 4.90 Å². The molecule has 0 saturated carbocycles. The van der Waals surface area contributed by atoms with E-state index in [9.17, 15) is 9.59 Å². The zero-order chi connectivity index (χ0) is 14.3. The number of hydrogen-bond donors (Lipinski definition) is 1. The number of amides is 2. The third-order valence-electron chi connectivity index (χ3n) is 3.13. The Bertz CT molecular complexity index is 692. The number of rotatable bonds is 2. The highest BCUT2D eigenvalue weighted by atomic mass is 16.5. The summed E-state index contributed by atoms with van der Waals surface area (Å²) in [4.78, 5) is 29.6. The smallest absolute Gasteiger partial charge is 0.284 e. The van der Waals surface area contributed by atoms with Gasteiger partial charge in [-0.3, -0.25) is 14.6 Å². The van der Waals surface area contributed by atoms with E-state index in [0.717, 1.165) is 4.90 Å². The zero-order valence-corrected chi connectivity index (χ0v) is 10.7. The highest BCUT2D eigenvalue weighted by molar-refractivity contribution is 6.34. The van der Waals surface area contributed by atoms with E-state index in [2.05, 4.69) is 4.98 Å². The Morgan fingerprint density at radius 1 is 1.20 bits per heavy atom. The molecule has 0 aliphatic carbocycles. The molecule has 100 valence electrons. The fraction of sp³-hybridized carbons (Fsp3) is 0.0714. The normalized spacial score (nSPS) is 13.6. The second kappa shape index (κ2) is 4.34. The van der Waals surface area contributed by atoms with Crippen molar-refractivity contribution in [2.24, 2.45) is 0 Å². The van der Waals surface area contributed by atoms with Crippen LogP contribution in [0.1, 0.15) is 20.8 Å². The van der Waals surface area contributed by atoms with Crippen LogP contribution in [0.4, 0.5) is 11.4 Å². The van der Waals surface area contributed by atoms with Crippen molar-refractivity contribution in [2.45, 2.75) is 0 Å². The lowest BCUT2D eigenvalue weighted by atomic mass is 10.2. The third kappa shape index (κ3) is 1.62. The summed E-state index contributed by atoms with van der Waals surface area (Å²) in [6.07, 6.45) is 1.47. The van der Waals surface area contributed by atoms with E-state index < -0.39 is 11.8 Å². The van der Waals surface area contributed by atoms with Crippen LogP contribution in [-0.4, -0.2) is 23.9 Å². The number of carbonyl (C=O) groups is 2. The molecule has 2 heterocycles. The SMILES string of the molecule is COc1ccc(N)c(N2C(=O)c3cccnc3C2=O)c1. The molecule has 2 aromatic rings. The van der Waals surface area contributed by atoms with Crippen molar-refractivity contribution in [1.29, 1.82) is 0 Å². The van der Waals surface area contributed by atoms with Crippen LogP contribution in [0.15, 0.2) is 36.5 Å². The van der Waals surface area contributed by atoms with Crippen LogP contribution in [0.2, 0.25) is 0 Å². The average molecular weight is 269 g/mol. The van der Waals surface area contributed by atoms with Crippen molar-refractivity contribution < 1.29 is 14.3 Å². The van der Waals surface area contributed by atoms with Gasteiger partial charge in [-0.15, -0.1) is 0 Å². The zero-order valence-electron chi connectivity index (χ0n) is 10.7. The molecule has 1 aliphatic heterocycles. The summed E-state index contributed by atoms with van der Waals surface area (Å²) in [5.41, 5.74) is 6.90. The number of nitrogens with two attached hydrogens (primary N) is 1. The highest BCUT2D eigenvalue weighted by Crippen LogP contribution is 2.33. The molecule has 2 amide bonds. The summed E-state index contributed by atoms with van der Waals surface area (Å²) < 4.78 is 5.10. The van der Waals surface area contributed by atoms with Gasteiger partial charge in [0.15, 0.2) is 0 Å². The second-order valence-electron chi connectivity index (χ2n) is 4.27. The molecule has 0 radical (unpaired) electrons. The molecule has 1 aliphatic rings. The van der Waals surface area contributed by atoms with Gasteiger partial charge >= 0.3 is 0 Å². The first-order valence-corrected chi connectivity index (χ1v) is 5.91. The van der Waals surface area contributed by atoms with Crippen LogP contribution in [0.25, 0.3) is 0 Å². The molecule has 0 atom stereocenters. The summed E-state index contributed by atoms with van der Waals surface area (Å²) in [6, 6.07) is 7.98. The van der Waals surface area contributed by atoms with Gasteiger partial charge in [0.2, 0.25) is 0 Å². The number of aromatic nitrogens is 1. The van der Waals surface area contributed by atoms with Gasteiger partial charge in [0.1, 0.15) is 11.4 Å². The molecule has 0 unspecified atom stereocenters. The molecule has 6 heteroatoms. The van der Waals surface area contributed by atoms with Gasteiger partial charge in [-0.2, -0.15) is 0 Å². The van der Waals surface area contributed by atoms with Gasteiger partial charge in [0.25, 0.3) is 11.8 Å². The fourth-order valence-electron chi connectivity index (χ4n) is 2.13. The molecular formula is C14H11N3O3. The van der Waals surface area contributed by atoms with Crippen molar-refractivity contribution >= 4 is 23.2 Å². The number of pyridine rings is 1. The Morgan fingerprint density at radius 2 is 2.00 bits per heavy atom. The maximum atomic E-state index is 12.3. The van der Waals surface area contributed by atoms with Gasteiger partial charge in [0, 0.05) is 12.3 Å². The predicted molar refractivity (Wildman–Crippen MR) is 72.8 cm³/mol. The van der Waals surface area contributed by atoms with Crippen molar-refractivity contribution in [3.8, 4) is 5.75 Å². The fourth-order valence-corrected chi connectivity index (χ4v) is 2.13. The van der Waals surface area contributed by atoms with Crippen LogP contribution in [0.3, 0.4) is 0 Å². The van der Waals surface area contributed by atoms with E-state index in [1.165, 1.54) is 13.3 Å². The van der Waals surface area contributed by atoms with Crippen molar-refractivity contribution in [2.75, 3.05) is 17.7 Å². The minimum atomic E-state index is -0.481. The standard InChI is InChI=1S/C14H11N3O3/c1-20-8-4-5-10(15)11(7-8)17-13(18)9-3-2-6-16-12(9)14(17)19/h2-7H,15H2,1H3.